The van der Waals surface area contributed by atoms with Crippen molar-refractivity contribution in [1.29, 1.82) is 0 Å². The van der Waals surface area contributed by atoms with Crippen molar-refractivity contribution in [1.82, 2.24) is 0 Å². The first-order valence-corrected chi connectivity index (χ1v) is 5.90. The van der Waals surface area contributed by atoms with Crippen LogP contribution in [0.25, 0.3) is 0 Å². The number of benzene rings is 2. The summed E-state index contributed by atoms with van der Waals surface area (Å²) in [6.07, 6.45) is -1.31. The monoisotopic (exact) mass is 303 g/mol. The molecule has 0 aliphatic rings. The molecule has 0 aromatic heterocycles. The summed E-state index contributed by atoms with van der Waals surface area (Å²) in [4.78, 5) is 0. The van der Waals surface area contributed by atoms with E-state index in [-0.39, 0.29) is 11.6 Å². The summed E-state index contributed by atoms with van der Waals surface area (Å²) in [5.41, 5.74) is -0.872. The normalized spacial score (nSPS) is 12.3. The van der Waals surface area contributed by atoms with E-state index in [1.807, 2.05) is 0 Å². The zero-order valence-corrected chi connectivity index (χ0v) is 10.5. The lowest BCUT2D eigenvalue weighted by Crippen LogP contribution is -2.15. The van der Waals surface area contributed by atoms with Crippen LogP contribution < -0.4 is 5.32 Å². The average molecular weight is 303 g/mol. The van der Waals surface area contributed by atoms with Crippen LogP contribution in [0.15, 0.2) is 30.3 Å². The molecule has 0 aliphatic carbocycles. The van der Waals surface area contributed by atoms with Gasteiger partial charge in [0.05, 0.1) is 6.10 Å². The van der Waals surface area contributed by atoms with Crippen LogP contribution in [-0.2, 0) is 0 Å². The summed E-state index contributed by atoms with van der Waals surface area (Å²) in [5.74, 6) is -6.91. The maximum atomic E-state index is 13.4. The van der Waals surface area contributed by atoms with Crippen molar-refractivity contribution < 1.29 is 27.1 Å². The Morgan fingerprint density at radius 2 is 1.57 bits per heavy atom. The van der Waals surface area contributed by atoms with Crippen molar-refractivity contribution in [2.24, 2.45) is 0 Å². The van der Waals surface area contributed by atoms with Gasteiger partial charge in [0.25, 0.3) is 0 Å². The fourth-order valence-electron chi connectivity index (χ4n) is 1.76. The van der Waals surface area contributed by atoms with Crippen LogP contribution in [0, 0.1) is 29.1 Å². The van der Waals surface area contributed by atoms with Crippen LogP contribution in [0.4, 0.5) is 27.6 Å². The second kappa shape index (κ2) is 6.09. The number of hydrogen-bond acceptors (Lipinski definition) is 2. The van der Waals surface area contributed by atoms with Gasteiger partial charge in [-0.05, 0) is 17.7 Å². The van der Waals surface area contributed by atoms with E-state index in [2.05, 4.69) is 5.32 Å². The van der Waals surface area contributed by atoms with Crippen LogP contribution in [0.5, 0.6) is 0 Å². The lowest BCUT2D eigenvalue weighted by Gasteiger charge is -2.14. The predicted octanol–water partition coefficient (Wildman–Crippen LogP) is 3.53. The van der Waals surface area contributed by atoms with Crippen molar-refractivity contribution in [3.05, 3.63) is 65.0 Å². The Bertz CT molecular complexity index is 636. The first-order chi connectivity index (χ1) is 9.90. The second-order valence-corrected chi connectivity index (χ2v) is 4.29. The quantitative estimate of drug-likeness (QED) is 0.669. The third-order valence-corrected chi connectivity index (χ3v) is 2.82. The number of aliphatic hydroxyl groups is 1. The third kappa shape index (κ3) is 3.30. The molecule has 2 aromatic rings. The van der Waals surface area contributed by atoms with E-state index in [9.17, 15) is 27.1 Å². The molecule has 0 aliphatic heterocycles. The molecule has 0 fully saturated rings. The topological polar surface area (TPSA) is 32.3 Å². The second-order valence-electron chi connectivity index (χ2n) is 4.29. The number of nitrogens with one attached hydrogen (secondary N) is 1. The summed E-state index contributed by atoms with van der Waals surface area (Å²) >= 11 is 0. The summed E-state index contributed by atoms with van der Waals surface area (Å²) in [7, 11) is 0. The Balaban J connectivity index is 2.17. The highest BCUT2D eigenvalue weighted by molar-refractivity contribution is 5.47. The van der Waals surface area contributed by atoms with Gasteiger partial charge in [-0.15, -0.1) is 0 Å². The molecule has 2 rings (SSSR count). The average Bonchev–Trinajstić information content (AvgIpc) is 2.45. The van der Waals surface area contributed by atoms with Crippen molar-refractivity contribution in [3.63, 3.8) is 0 Å². The molecule has 21 heavy (non-hydrogen) atoms. The van der Waals surface area contributed by atoms with E-state index in [4.69, 9.17) is 0 Å². The van der Waals surface area contributed by atoms with E-state index in [1.54, 1.807) is 0 Å². The maximum Gasteiger partial charge on any atom is 0.185 e. The zero-order valence-electron chi connectivity index (χ0n) is 10.5. The van der Waals surface area contributed by atoms with Gasteiger partial charge in [0.15, 0.2) is 23.3 Å². The summed E-state index contributed by atoms with van der Waals surface area (Å²) in [6.45, 7) is -0.458. The molecule has 0 amide bonds. The van der Waals surface area contributed by atoms with E-state index < -0.39 is 47.4 Å². The minimum Gasteiger partial charge on any atom is -0.387 e. The Morgan fingerprint density at radius 1 is 0.952 bits per heavy atom. The van der Waals surface area contributed by atoms with Gasteiger partial charge in [-0.1, -0.05) is 12.1 Å². The fraction of sp³-hybridized carbons (Fsp3) is 0.143. The van der Waals surface area contributed by atoms with E-state index in [0.717, 1.165) is 12.1 Å². The van der Waals surface area contributed by atoms with E-state index >= 15 is 0 Å². The lowest BCUT2D eigenvalue weighted by molar-refractivity contribution is 0.191. The predicted molar refractivity (Wildman–Crippen MR) is 66.1 cm³/mol. The molecule has 2 N–H and O–H groups in total. The van der Waals surface area contributed by atoms with E-state index in [1.165, 1.54) is 12.1 Å². The minimum atomic E-state index is -1.60. The van der Waals surface area contributed by atoms with Gasteiger partial charge in [-0.2, -0.15) is 0 Å². The Morgan fingerprint density at radius 3 is 2.14 bits per heavy atom. The number of anilines is 1. The van der Waals surface area contributed by atoms with Gasteiger partial charge < -0.3 is 10.4 Å². The minimum absolute atomic E-state index is 0.0822. The van der Waals surface area contributed by atoms with Gasteiger partial charge in [0.2, 0.25) is 0 Å². The number of aliphatic hydroxyl groups excluding tert-OH is 1. The Kier molecular flexibility index (Phi) is 4.42. The van der Waals surface area contributed by atoms with Gasteiger partial charge in [0, 0.05) is 12.6 Å². The van der Waals surface area contributed by atoms with Crippen LogP contribution in [0.2, 0.25) is 0 Å². The molecular weight excluding hydrogens is 293 g/mol. The molecule has 2 aromatic carbocycles. The molecule has 0 spiro atoms. The third-order valence-electron chi connectivity index (χ3n) is 2.82. The fourth-order valence-corrected chi connectivity index (χ4v) is 1.76. The first-order valence-electron chi connectivity index (χ1n) is 5.90. The standard InChI is InChI=1S/C14H10F5NO/c15-8-3-1-2-7(4-8)11(21)6-20-14-12(18)9(16)5-10(17)13(14)19/h1-5,11,20-21H,6H2. The zero-order chi connectivity index (χ0) is 15.6. The maximum absolute atomic E-state index is 13.4. The van der Waals surface area contributed by atoms with Gasteiger partial charge in [-0.3, -0.25) is 0 Å². The van der Waals surface area contributed by atoms with Crippen molar-refractivity contribution >= 4 is 5.69 Å². The molecule has 0 bridgehead atoms. The van der Waals surface area contributed by atoms with Gasteiger partial charge >= 0.3 is 0 Å². The number of rotatable bonds is 4. The molecule has 0 saturated carbocycles. The smallest absolute Gasteiger partial charge is 0.185 e. The first kappa shape index (κ1) is 15.2. The van der Waals surface area contributed by atoms with Crippen LogP contribution in [0.1, 0.15) is 11.7 Å². The SMILES string of the molecule is OC(CNc1c(F)c(F)cc(F)c1F)c1cccc(F)c1. The van der Waals surface area contributed by atoms with Crippen molar-refractivity contribution in [2.75, 3.05) is 11.9 Å². The van der Waals surface area contributed by atoms with Crippen LogP contribution >= 0.6 is 0 Å². The lowest BCUT2D eigenvalue weighted by atomic mass is 10.1. The molecule has 2 nitrogen and oxygen atoms in total. The Hall–Kier alpha value is -2.15. The van der Waals surface area contributed by atoms with Crippen LogP contribution in [0.3, 0.4) is 0 Å². The molecule has 0 saturated heterocycles. The molecule has 112 valence electrons. The van der Waals surface area contributed by atoms with Crippen molar-refractivity contribution in [3.8, 4) is 0 Å². The highest BCUT2D eigenvalue weighted by atomic mass is 19.2. The molecule has 1 unspecified atom stereocenters. The summed E-state index contributed by atoms with van der Waals surface area (Å²) < 4.78 is 65.7. The van der Waals surface area contributed by atoms with Crippen LogP contribution in [-0.4, -0.2) is 11.7 Å². The molecule has 0 heterocycles. The van der Waals surface area contributed by atoms with Gasteiger partial charge in [0.1, 0.15) is 11.5 Å². The molecule has 7 heteroatoms. The molecular formula is C14H10F5NO. The molecule has 1 atom stereocenters. The highest BCUT2D eigenvalue weighted by Crippen LogP contribution is 2.25. The Labute approximate surface area is 116 Å². The van der Waals surface area contributed by atoms with Crippen molar-refractivity contribution in [2.45, 2.75) is 6.10 Å². The summed E-state index contributed by atoms with van der Waals surface area (Å²) in [5, 5.41) is 11.8. The van der Waals surface area contributed by atoms with Gasteiger partial charge in [-0.25, -0.2) is 22.0 Å². The molecule has 0 radical (unpaired) electrons. The summed E-state index contributed by atoms with van der Waals surface area (Å²) in [6, 6.07) is 5.01. The largest absolute Gasteiger partial charge is 0.387 e. The number of halogens is 5. The number of hydrogen-bond donors (Lipinski definition) is 2. The highest BCUT2D eigenvalue weighted by Gasteiger charge is 2.20. The van der Waals surface area contributed by atoms with E-state index in [0.29, 0.717) is 0 Å².